The van der Waals surface area contributed by atoms with Crippen LogP contribution in [-0.2, 0) is 9.59 Å². The van der Waals surface area contributed by atoms with Crippen LogP contribution in [0.5, 0.6) is 5.75 Å². The van der Waals surface area contributed by atoms with Crippen LogP contribution in [-0.4, -0.2) is 30.5 Å². The van der Waals surface area contributed by atoms with Crippen molar-refractivity contribution < 1.29 is 19.1 Å². The first kappa shape index (κ1) is 29.0. The number of hydrazone groups is 1. The molecule has 0 bridgehead atoms. The summed E-state index contributed by atoms with van der Waals surface area (Å²) in [6, 6.07) is 13.3. The normalized spacial score (nSPS) is 10.8. The Hall–Kier alpha value is -3.19. The molecule has 0 radical (unpaired) electrons. The lowest BCUT2D eigenvalue weighted by molar-refractivity contribution is -0.126. The topological polar surface area (TPSA) is 96.9 Å². The highest BCUT2D eigenvalue weighted by molar-refractivity contribution is 6.33. The average molecular weight is 514 g/mol. The number of amides is 2. The first-order chi connectivity index (χ1) is 17.5. The van der Waals surface area contributed by atoms with Crippen molar-refractivity contribution in [3.05, 3.63) is 64.7 Å². The Bertz CT molecular complexity index is 993. The van der Waals surface area contributed by atoms with Crippen molar-refractivity contribution in [3.8, 4) is 5.75 Å². The molecule has 0 fully saturated rings. The van der Waals surface area contributed by atoms with E-state index < -0.39 is 11.9 Å². The van der Waals surface area contributed by atoms with Crippen LogP contribution >= 0.6 is 11.6 Å². The van der Waals surface area contributed by atoms with Crippen molar-refractivity contribution in [1.29, 1.82) is 0 Å². The Kier molecular flexibility index (Phi) is 13.9. The molecule has 0 saturated heterocycles. The zero-order valence-electron chi connectivity index (χ0n) is 20.9. The molecule has 0 aliphatic heterocycles. The molecule has 0 aliphatic rings. The predicted octanol–water partition coefficient (Wildman–Crippen LogP) is 6.05. The lowest BCUT2D eigenvalue weighted by atomic mass is 10.1. The standard InChI is InChI=1S/C28H36ClN3O4/c1-2-3-4-5-6-7-8-9-10-15-26(33)30-21-27(34)32-31-20-22-16-18-23(19-17-22)36-28(35)24-13-11-12-14-25(24)29/h11-14,16-20H,2-10,15,21H2,1H3,(H,30,33)(H,32,34). The van der Waals surface area contributed by atoms with Crippen LogP contribution in [0, 0.1) is 0 Å². The van der Waals surface area contributed by atoms with Crippen molar-refractivity contribution in [3.63, 3.8) is 0 Å². The van der Waals surface area contributed by atoms with Gasteiger partial charge in [-0.2, -0.15) is 5.10 Å². The van der Waals surface area contributed by atoms with Gasteiger partial charge in [-0.15, -0.1) is 0 Å². The van der Waals surface area contributed by atoms with Crippen LogP contribution < -0.4 is 15.5 Å². The minimum Gasteiger partial charge on any atom is -0.423 e. The van der Waals surface area contributed by atoms with Crippen molar-refractivity contribution >= 4 is 35.6 Å². The van der Waals surface area contributed by atoms with Crippen molar-refractivity contribution in [2.75, 3.05) is 6.54 Å². The molecule has 0 aromatic heterocycles. The van der Waals surface area contributed by atoms with Gasteiger partial charge in [0.25, 0.3) is 5.91 Å². The molecule has 0 aliphatic carbocycles. The summed E-state index contributed by atoms with van der Waals surface area (Å²) in [6.45, 7) is 2.10. The molecule has 0 unspecified atom stereocenters. The number of esters is 1. The molecule has 0 saturated carbocycles. The lowest BCUT2D eigenvalue weighted by Crippen LogP contribution is -2.34. The zero-order chi connectivity index (χ0) is 26.0. The van der Waals surface area contributed by atoms with E-state index in [1.807, 2.05) is 0 Å². The molecule has 0 spiro atoms. The molecule has 36 heavy (non-hydrogen) atoms. The van der Waals surface area contributed by atoms with Gasteiger partial charge in [-0.05, 0) is 48.4 Å². The molecule has 2 N–H and O–H groups in total. The number of carbonyl (C=O) groups is 3. The van der Waals surface area contributed by atoms with Crippen molar-refractivity contribution in [2.24, 2.45) is 5.10 Å². The Morgan fingerprint density at radius 3 is 2.17 bits per heavy atom. The van der Waals surface area contributed by atoms with E-state index in [0.717, 1.165) is 19.3 Å². The summed E-state index contributed by atoms with van der Waals surface area (Å²) in [5.74, 6) is -0.721. The second-order valence-corrected chi connectivity index (χ2v) is 8.99. The maximum atomic E-state index is 12.2. The van der Waals surface area contributed by atoms with Crippen LogP contribution in [0.4, 0.5) is 0 Å². The molecular weight excluding hydrogens is 478 g/mol. The largest absolute Gasteiger partial charge is 0.423 e. The first-order valence-corrected chi connectivity index (χ1v) is 13.0. The Morgan fingerprint density at radius 1 is 0.861 bits per heavy atom. The summed E-state index contributed by atoms with van der Waals surface area (Å²) in [4.78, 5) is 36.0. The van der Waals surface area contributed by atoms with Gasteiger partial charge < -0.3 is 10.1 Å². The van der Waals surface area contributed by atoms with Gasteiger partial charge in [0.05, 0.1) is 23.3 Å². The predicted molar refractivity (Wildman–Crippen MR) is 143 cm³/mol. The van der Waals surface area contributed by atoms with E-state index in [2.05, 4.69) is 22.8 Å². The molecule has 7 nitrogen and oxygen atoms in total. The third kappa shape index (κ3) is 12.0. The smallest absolute Gasteiger partial charge is 0.345 e. The SMILES string of the molecule is CCCCCCCCCCCC(=O)NCC(=O)NN=Cc1ccc(OC(=O)c2ccccc2Cl)cc1. The van der Waals surface area contributed by atoms with E-state index in [0.29, 0.717) is 22.8 Å². The quantitative estimate of drug-likeness (QED) is 0.0938. The maximum Gasteiger partial charge on any atom is 0.345 e. The van der Waals surface area contributed by atoms with E-state index in [1.54, 1.807) is 48.5 Å². The first-order valence-electron chi connectivity index (χ1n) is 12.6. The summed E-state index contributed by atoms with van der Waals surface area (Å²) in [6.07, 6.45) is 12.6. The number of carbonyl (C=O) groups excluding carboxylic acids is 3. The van der Waals surface area contributed by atoms with Gasteiger partial charge in [-0.25, -0.2) is 10.2 Å². The second-order valence-electron chi connectivity index (χ2n) is 8.59. The summed E-state index contributed by atoms with van der Waals surface area (Å²) in [5.41, 5.74) is 3.36. The number of unbranched alkanes of at least 4 members (excludes halogenated alkanes) is 8. The monoisotopic (exact) mass is 513 g/mol. The number of nitrogens with one attached hydrogen (secondary N) is 2. The number of hydrogen-bond acceptors (Lipinski definition) is 5. The Morgan fingerprint density at radius 2 is 1.50 bits per heavy atom. The van der Waals surface area contributed by atoms with Crippen LogP contribution in [0.15, 0.2) is 53.6 Å². The fourth-order valence-electron chi connectivity index (χ4n) is 3.49. The maximum absolute atomic E-state index is 12.2. The highest BCUT2D eigenvalue weighted by Crippen LogP contribution is 2.19. The highest BCUT2D eigenvalue weighted by Gasteiger charge is 2.12. The van der Waals surface area contributed by atoms with Gasteiger partial charge in [0, 0.05) is 6.42 Å². The van der Waals surface area contributed by atoms with Crippen LogP contribution in [0.1, 0.15) is 87.1 Å². The minimum atomic E-state index is -0.547. The molecule has 2 aromatic carbocycles. The van der Waals surface area contributed by atoms with Gasteiger partial charge in [-0.1, -0.05) is 82.0 Å². The van der Waals surface area contributed by atoms with E-state index in [-0.39, 0.29) is 18.0 Å². The second kappa shape index (κ2) is 17.3. The molecule has 2 aromatic rings. The lowest BCUT2D eigenvalue weighted by Gasteiger charge is -2.06. The van der Waals surface area contributed by atoms with Crippen LogP contribution in [0.2, 0.25) is 5.02 Å². The van der Waals surface area contributed by atoms with Crippen LogP contribution in [0.25, 0.3) is 0 Å². The van der Waals surface area contributed by atoms with Gasteiger partial charge in [-0.3, -0.25) is 9.59 Å². The molecular formula is C28H36ClN3O4. The average Bonchev–Trinajstić information content (AvgIpc) is 2.87. The van der Waals surface area contributed by atoms with Gasteiger partial charge in [0.15, 0.2) is 0 Å². The Balaban J connectivity index is 1.59. The summed E-state index contributed by atoms with van der Waals surface area (Å²) >= 11 is 6.01. The summed E-state index contributed by atoms with van der Waals surface area (Å²) < 4.78 is 5.32. The number of hydrogen-bond donors (Lipinski definition) is 2. The molecule has 2 amide bonds. The molecule has 8 heteroatoms. The van der Waals surface area contributed by atoms with E-state index >= 15 is 0 Å². The van der Waals surface area contributed by atoms with E-state index in [9.17, 15) is 14.4 Å². The summed E-state index contributed by atoms with van der Waals surface area (Å²) in [7, 11) is 0. The number of nitrogens with zero attached hydrogens (tertiary/aromatic N) is 1. The number of halogens is 1. The summed E-state index contributed by atoms with van der Waals surface area (Å²) in [5, 5.41) is 6.83. The van der Waals surface area contributed by atoms with E-state index in [1.165, 1.54) is 44.7 Å². The van der Waals surface area contributed by atoms with Crippen molar-refractivity contribution in [1.82, 2.24) is 10.7 Å². The van der Waals surface area contributed by atoms with Gasteiger partial charge in [0.1, 0.15) is 5.75 Å². The highest BCUT2D eigenvalue weighted by atomic mass is 35.5. The zero-order valence-corrected chi connectivity index (χ0v) is 21.7. The van der Waals surface area contributed by atoms with E-state index in [4.69, 9.17) is 16.3 Å². The third-order valence-corrected chi connectivity index (χ3v) is 5.87. The molecule has 194 valence electrons. The molecule has 0 heterocycles. The fourth-order valence-corrected chi connectivity index (χ4v) is 3.71. The number of rotatable bonds is 16. The Labute approximate surface area is 218 Å². The molecule has 2 rings (SSSR count). The van der Waals surface area contributed by atoms with Gasteiger partial charge in [0.2, 0.25) is 5.91 Å². The number of ether oxygens (including phenoxy) is 1. The number of benzene rings is 2. The van der Waals surface area contributed by atoms with Crippen molar-refractivity contribution in [2.45, 2.75) is 71.1 Å². The van der Waals surface area contributed by atoms with Crippen LogP contribution in [0.3, 0.4) is 0 Å². The van der Waals surface area contributed by atoms with Gasteiger partial charge >= 0.3 is 5.97 Å². The minimum absolute atomic E-state index is 0.120. The molecule has 0 atom stereocenters. The third-order valence-electron chi connectivity index (χ3n) is 5.54. The fraction of sp³-hybridized carbons (Fsp3) is 0.429.